The summed E-state index contributed by atoms with van der Waals surface area (Å²) in [6.07, 6.45) is 9.64. The van der Waals surface area contributed by atoms with E-state index in [1.807, 2.05) is 23.1 Å². The van der Waals surface area contributed by atoms with Gasteiger partial charge in [0.05, 0.1) is 11.2 Å². The first-order valence-corrected chi connectivity index (χ1v) is 11.5. The first kappa shape index (κ1) is 20.6. The van der Waals surface area contributed by atoms with Crippen molar-refractivity contribution in [2.24, 2.45) is 0 Å². The van der Waals surface area contributed by atoms with Crippen molar-refractivity contribution in [1.29, 1.82) is 0 Å². The minimum Gasteiger partial charge on any atom is -0.375 e. The zero-order valence-electron chi connectivity index (χ0n) is 17.9. The molecule has 3 fully saturated rings. The second kappa shape index (κ2) is 8.67. The molecule has 164 valence electrons. The van der Waals surface area contributed by atoms with Gasteiger partial charge in [-0.3, -0.25) is 14.7 Å². The van der Waals surface area contributed by atoms with E-state index in [1.165, 1.54) is 18.4 Å². The molecule has 2 saturated heterocycles. The molecule has 0 N–H and O–H groups in total. The van der Waals surface area contributed by atoms with Gasteiger partial charge in [-0.1, -0.05) is 12.1 Å². The Kier molecular flexibility index (Phi) is 5.76. The molecule has 0 bridgehead atoms. The summed E-state index contributed by atoms with van der Waals surface area (Å²) in [5.41, 5.74) is 1.69. The van der Waals surface area contributed by atoms with Crippen LogP contribution in [0.4, 0.5) is 4.39 Å². The summed E-state index contributed by atoms with van der Waals surface area (Å²) >= 11 is 0. The van der Waals surface area contributed by atoms with E-state index in [2.05, 4.69) is 9.88 Å². The van der Waals surface area contributed by atoms with E-state index >= 15 is 0 Å². The first-order valence-electron chi connectivity index (χ1n) is 11.5. The number of piperidine rings is 1. The molecule has 1 aliphatic carbocycles. The van der Waals surface area contributed by atoms with Crippen molar-refractivity contribution < 1.29 is 13.9 Å². The number of ether oxygens (including phenoxy) is 1. The highest BCUT2D eigenvalue weighted by atomic mass is 19.1. The van der Waals surface area contributed by atoms with Crippen LogP contribution in [0.5, 0.6) is 0 Å². The molecule has 5 rings (SSSR count). The first-order chi connectivity index (χ1) is 15.1. The highest BCUT2D eigenvalue weighted by Crippen LogP contribution is 2.40. The van der Waals surface area contributed by atoms with Gasteiger partial charge in [-0.25, -0.2) is 4.39 Å². The third kappa shape index (κ3) is 4.65. The average Bonchev–Trinajstić information content (AvgIpc) is 3.65. The minimum absolute atomic E-state index is 0.0613. The van der Waals surface area contributed by atoms with Gasteiger partial charge in [0.1, 0.15) is 5.82 Å². The number of likely N-dealkylation sites (tertiary alicyclic amines) is 1. The summed E-state index contributed by atoms with van der Waals surface area (Å²) in [7, 11) is 0. The van der Waals surface area contributed by atoms with Crippen molar-refractivity contribution in [1.82, 2.24) is 14.8 Å². The summed E-state index contributed by atoms with van der Waals surface area (Å²) in [6, 6.07) is 11.7. The van der Waals surface area contributed by atoms with E-state index in [1.54, 1.807) is 30.6 Å². The van der Waals surface area contributed by atoms with Crippen LogP contribution in [0, 0.1) is 5.82 Å². The molecule has 31 heavy (non-hydrogen) atoms. The molecule has 6 heteroatoms. The topological polar surface area (TPSA) is 45.7 Å². The maximum atomic E-state index is 13.3. The Bertz CT molecular complexity index is 893. The van der Waals surface area contributed by atoms with Gasteiger partial charge in [-0.2, -0.15) is 0 Å². The van der Waals surface area contributed by atoms with Crippen LogP contribution in [0.15, 0.2) is 48.8 Å². The van der Waals surface area contributed by atoms with Gasteiger partial charge in [0.15, 0.2) is 0 Å². The number of amides is 1. The van der Waals surface area contributed by atoms with E-state index in [9.17, 15) is 9.18 Å². The maximum Gasteiger partial charge on any atom is 0.255 e. The summed E-state index contributed by atoms with van der Waals surface area (Å²) in [5.74, 6) is -0.120. The number of hydrogen-bond donors (Lipinski definition) is 0. The molecule has 3 heterocycles. The Morgan fingerprint density at radius 3 is 2.58 bits per heavy atom. The Labute approximate surface area is 183 Å². The van der Waals surface area contributed by atoms with Crippen LogP contribution in [0.1, 0.15) is 54.4 Å². The summed E-state index contributed by atoms with van der Waals surface area (Å²) in [5, 5.41) is 0. The van der Waals surface area contributed by atoms with Crippen LogP contribution in [-0.2, 0) is 11.3 Å². The monoisotopic (exact) mass is 423 g/mol. The number of rotatable bonds is 5. The van der Waals surface area contributed by atoms with Crippen LogP contribution in [0.2, 0.25) is 0 Å². The van der Waals surface area contributed by atoms with Crippen LogP contribution in [-0.4, -0.2) is 58.1 Å². The average molecular weight is 424 g/mol. The van der Waals surface area contributed by atoms with Crippen LogP contribution in [0.3, 0.4) is 0 Å². The second-order valence-electron chi connectivity index (χ2n) is 9.24. The fourth-order valence-corrected chi connectivity index (χ4v) is 5.19. The molecule has 1 saturated carbocycles. The zero-order chi connectivity index (χ0) is 21.3. The molecule has 5 nitrogen and oxygen atoms in total. The Morgan fingerprint density at radius 2 is 1.90 bits per heavy atom. The summed E-state index contributed by atoms with van der Waals surface area (Å²) in [6.45, 7) is 3.09. The number of hydrogen-bond acceptors (Lipinski definition) is 4. The van der Waals surface area contributed by atoms with Crippen molar-refractivity contribution in [3.63, 3.8) is 0 Å². The third-order valence-corrected chi connectivity index (χ3v) is 7.10. The third-order valence-electron chi connectivity index (χ3n) is 7.10. The van der Waals surface area contributed by atoms with Crippen LogP contribution >= 0.6 is 0 Å². The molecule has 1 amide bonds. The predicted octanol–water partition coefficient (Wildman–Crippen LogP) is 4.04. The van der Waals surface area contributed by atoms with Gasteiger partial charge in [-0.15, -0.1) is 0 Å². The van der Waals surface area contributed by atoms with E-state index in [-0.39, 0.29) is 17.3 Å². The van der Waals surface area contributed by atoms with E-state index in [0.717, 1.165) is 51.9 Å². The van der Waals surface area contributed by atoms with Crippen LogP contribution < -0.4 is 0 Å². The Morgan fingerprint density at radius 1 is 1.13 bits per heavy atom. The van der Waals surface area contributed by atoms with Crippen molar-refractivity contribution in [2.45, 2.75) is 62.8 Å². The number of carbonyl (C=O) groups is 1. The standard InChI is InChI=1S/C25H30FN3O2/c26-21-5-3-19(4-6-21)18-29(22-7-8-22)23-9-15-31-25(16-23)10-13-28(14-11-25)24(30)20-2-1-12-27-17-20/h1-6,12,17,22-23H,7-11,13-16,18H2. The maximum absolute atomic E-state index is 13.3. The quantitative estimate of drug-likeness (QED) is 0.728. The fraction of sp³-hybridized carbons (Fsp3) is 0.520. The van der Waals surface area contributed by atoms with Gasteiger partial charge in [0.25, 0.3) is 5.91 Å². The lowest BCUT2D eigenvalue weighted by molar-refractivity contribution is -0.131. The highest BCUT2D eigenvalue weighted by Gasteiger charge is 2.45. The molecule has 2 aromatic rings. The molecular formula is C25H30FN3O2. The normalized spacial score (nSPS) is 23.3. The SMILES string of the molecule is O=C(c1cccnc1)N1CCC2(CC1)CC(N(Cc1ccc(F)cc1)C1CC1)CCO2. The minimum atomic E-state index is -0.181. The Hall–Kier alpha value is -2.31. The smallest absolute Gasteiger partial charge is 0.255 e. The van der Waals surface area contributed by atoms with Gasteiger partial charge < -0.3 is 9.64 Å². The Balaban J connectivity index is 1.23. The summed E-state index contributed by atoms with van der Waals surface area (Å²) in [4.78, 5) is 21.4. The van der Waals surface area contributed by atoms with Crippen LogP contribution in [0.25, 0.3) is 0 Å². The largest absolute Gasteiger partial charge is 0.375 e. The van der Waals surface area contributed by atoms with E-state index < -0.39 is 0 Å². The lowest BCUT2D eigenvalue weighted by Gasteiger charge is -2.48. The molecule has 1 aromatic carbocycles. The lowest BCUT2D eigenvalue weighted by Crippen LogP contribution is -2.54. The highest BCUT2D eigenvalue weighted by molar-refractivity contribution is 5.93. The van der Waals surface area contributed by atoms with Gasteiger partial charge in [0, 0.05) is 50.7 Å². The molecule has 2 aliphatic heterocycles. The number of aromatic nitrogens is 1. The number of halogens is 1. The number of pyridine rings is 1. The van der Waals surface area contributed by atoms with Crippen molar-refractivity contribution in [2.75, 3.05) is 19.7 Å². The van der Waals surface area contributed by atoms with Crippen molar-refractivity contribution >= 4 is 5.91 Å². The number of carbonyl (C=O) groups excluding carboxylic acids is 1. The van der Waals surface area contributed by atoms with Gasteiger partial charge in [0.2, 0.25) is 0 Å². The number of benzene rings is 1. The molecule has 1 unspecified atom stereocenters. The molecular weight excluding hydrogens is 393 g/mol. The van der Waals surface area contributed by atoms with E-state index in [0.29, 0.717) is 17.6 Å². The number of nitrogens with zero attached hydrogens (tertiary/aromatic N) is 3. The predicted molar refractivity (Wildman–Crippen MR) is 116 cm³/mol. The van der Waals surface area contributed by atoms with Crippen molar-refractivity contribution in [3.05, 3.63) is 65.7 Å². The van der Waals surface area contributed by atoms with Crippen molar-refractivity contribution in [3.8, 4) is 0 Å². The fourth-order valence-electron chi connectivity index (χ4n) is 5.19. The van der Waals surface area contributed by atoms with Gasteiger partial charge >= 0.3 is 0 Å². The summed E-state index contributed by atoms with van der Waals surface area (Å²) < 4.78 is 19.7. The molecule has 1 atom stereocenters. The van der Waals surface area contributed by atoms with Gasteiger partial charge in [-0.05, 0) is 68.4 Å². The second-order valence-corrected chi connectivity index (χ2v) is 9.24. The van der Waals surface area contributed by atoms with E-state index in [4.69, 9.17) is 4.74 Å². The molecule has 3 aliphatic rings. The molecule has 0 radical (unpaired) electrons. The molecule has 1 aromatic heterocycles. The molecule has 1 spiro atoms. The lowest BCUT2D eigenvalue weighted by atomic mass is 9.81. The zero-order valence-corrected chi connectivity index (χ0v) is 17.9.